The normalized spacial score (nSPS) is 20.1. The summed E-state index contributed by atoms with van der Waals surface area (Å²) >= 11 is 0. The van der Waals surface area contributed by atoms with Crippen LogP contribution in [0.4, 0.5) is 13.2 Å². The van der Waals surface area contributed by atoms with Gasteiger partial charge in [0.1, 0.15) is 5.92 Å². The summed E-state index contributed by atoms with van der Waals surface area (Å²) in [6.45, 7) is 3.99. The summed E-state index contributed by atoms with van der Waals surface area (Å²) in [4.78, 5) is 2.20. The van der Waals surface area contributed by atoms with Crippen molar-refractivity contribution >= 4 is 5.84 Å². The third kappa shape index (κ3) is 5.93. The van der Waals surface area contributed by atoms with E-state index in [1.165, 1.54) is 0 Å². The van der Waals surface area contributed by atoms with E-state index in [1.807, 2.05) is 0 Å². The van der Waals surface area contributed by atoms with Crippen LogP contribution in [0.15, 0.2) is 5.16 Å². The Morgan fingerprint density at radius 1 is 1.40 bits per heavy atom. The molecule has 9 heteroatoms. The van der Waals surface area contributed by atoms with E-state index >= 15 is 0 Å². The summed E-state index contributed by atoms with van der Waals surface area (Å²) in [5, 5.41) is 13.5. The molecule has 0 saturated carbocycles. The molecule has 1 atom stereocenters. The van der Waals surface area contributed by atoms with Crippen molar-refractivity contribution in [2.45, 2.75) is 12.6 Å². The van der Waals surface area contributed by atoms with E-state index in [9.17, 15) is 13.2 Å². The van der Waals surface area contributed by atoms with Gasteiger partial charge in [-0.05, 0) is 19.5 Å². The number of hydrogen-bond acceptors (Lipinski definition) is 5. The van der Waals surface area contributed by atoms with E-state index in [0.717, 1.165) is 26.1 Å². The molecule has 1 fully saturated rings. The molecule has 0 amide bonds. The molecule has 0 bridgehead atoms. The summed E-state index contributed by atoms with van der Waals surface area (Å²) in [7, 11) is 0. The fourth-order valence-electron chi connectivity index (χ4n) is 1.96. The van der Waals surface area contributed by atoms with Crippen molar-refractivity contribution in [1.29, 1.82) is 0 Å². The monoisotopic (exact) mass is 298 g/mol. The lowest BCUT2D eigenvalue weighted by Gasteiger charge is -2.26. The van der Waals surface area contributed by atoms with Crippen molar-refractivity contribution in [3.63, 3.8) is 0 Å². The molecular weight excluding hydrogens is 277 g/mol. The SMILES string of the molecule is NC(=NO)C(CNCCCN1CCOCC1)C(F)(F)F. The van der Waals surface area contributed by atoms with Gasteiger partial charge in [0.05, 0.1) is 13.2 Å². The number of halogens is 3. The zero-order valence-electron chi connectivity index (χ0n) is 11.2. The van der Waals surface area contributed by atoms with Crippen LogP contribution in [0.25, 0.3) is 0 Å². The van der Waals surface area contributed by atoms with Crippen molar-refractivity contribution in [3.05, 3.63) is 0 Å². The van der Waals surface area contributed by atoms with Crippen molar-refractivity contribution in [2.24, 2.45) is 16.8 Å². The Balaban J connectivity index is 2.20. The van der Waals surface area contributed by atoms with Gasteiger partial charge in [-0.1, -0.05) is 5.16 Å². The molecule has 0 radical (unpaired) electrons. The minimum Gasteiger partial charge on any atom is -0.409 e. The highest BCUT2D eigenvalue weighted by Gasteiger charge is 2.42. The Labute approximate surface area is 115 Å². The number of amidine groups is 1. The average molecular weight is 298 g/mol. The number of alkyl halides is 3. The maximum Gasteiger partial charge on any atom is 0.400 e. The lowest BCUT2D eigenvalue weighted by molar-refractivity contribution is -0.154. The van der Waals surface area contributed by atoms with Crippen LogP contribution in [-0.4, -0.2) is 68.1 Å². The van der Waals surface area contributed by atoms with Crippen LogP contribution in [-0.2, 0) is 4.74 Å². The Morgan fingerprint density at radius 3 is 2.60 bits per heavy atom. The summed E-state index contributed by atoms with van der Waals surface area (Å²) in [5.74, 6) is -2.78. The van der Waals surface area contributed by atoms with Gasteiger partial charge in [-0.15, -0.1) is 0 Å². The van der Waals surface area contributed by atoms with E-state index < -0.39 is 17.9 Å². The Hall–Kier alpha value is -1.06. The standard InChI is InChI=1S/C11H21F3N4O2/c12-11(13,14)9(10(15)17-19)8-16-2-1-3-18-4-6-20-7-5-18/h9,16,19H,1-8H2,(H2,15,17). The number of rotatable bonds is 7. The van der Waals surface area contributed by atoms with Gasteiger partial charge in [-0.3, -0.25) is 4.90 Å². The number of hydrogen-bond donors (Lipinski definition) is 3. The molecule has 6 nitrogen and oxygen atoms in total. The van der Waals surface area contributed by atoms with Gasteiger partial charge in [0.25, 0.3) is 0 Å². The molecule has 0 aromatic carbocycles. The number of morpholine rings is 1. The average Bonchev–Trinajstić information content (AvgIpc) is 2.41. The molecule has 118 valence electrons. The second kappa shape index (κ2) is 8.28. The number of nitrogens with zero attached hydrogens (tertiary/aromatic N) is 2. The maximum atomic E-state index is 12.6. The largest absolute Gasteiger partial charge is 0.409 e. The highest BCUT2D eigenvalue weighted by Crippen LogP contribution is 2.25. The van der Waals surface area contributed by atoms with Gasteiger partial charge < -0.3 is 21.0 Å². The third-order valence-corrected chi connectivity index (χ3v) is 3.15. The fraction of sp³-hybridized carbons (Fsp3) is 0.909. The van der Waals surface area contributed by atoms with Gasteiger partial charge in [0, 0.05) is 19.6 Å². The zero-order valence-corrected chi connectivity index (χ0v) is 11.2. The van der Waals surface area contributed by atoms with E-state index in [4.69, 9.17) is 15.7 Å². The highest BCUT2D eigenvalue weighted by atomic mass is 19.4. The molecule has 1 saturated heterocycles. The van der Waals surface area contributed by atoms with E-state index in [-0.39, 0.29) is 6.54 Å². The maximum absolute atomic E-state index is 12.6. The van der Waals surface area contributed by atoms with Gasteiger partial charge in [-0.2, -0.15) is 13.2 Å². The Bertz CT molecular complexity index is 307. The van der Waals surface area contributed by atoms with Gasteiger partial charge in [0.15, 0.2) is 5.84 Å². The van der Waals surface area contributed by atoms with Crippen LogP contribution in [0.2, 0.25) is 0 Å². The number of ether oxygens (including phenoxy) is 1. The Morgan fingerprint density at radius 2 is 2.05 bits per heavy atom. The fourth-order valence-corrected chi connectivity index (χ4v) is 1.96. The van der Waals surface area contributed by atoms with E-state index in [1.54, 1.807) is 0 Å². The molecule has 0 spiro atoms. The predicted octanol–water partition coefficient (Wildman–Crippen LogP) is 0.223. The van der Waals surface area contributed by atoms with Crippen LogP contribution in [0.3, 0.4) is 0 Å². The number of nitrogens with two attached hydrogens (primary N) is 1. The minimum atomic E-state index is -4.52. The molecule has 1 heterocycles. The first-order valence-corrected chi connectivity index (χ1v) is 6.50. The lowest BCUT2D eigenvalue weighted by atomic mass is 10.1. The molecule has 1 unspecified atom stereocenters. The number of nitrogens with one attached hydrogen (secondary N) is 1. The van der Waals surface area contributed by atoms with Crippen molar-refractivity contribution < 1.29 is 23.1 Å². The molecule has 1 aliphatic heterocycles. The molecule has 0 aromatic rings. The molecule has 4 N–H and O–H groups in total. The summed E-state index contributed by atoms with van der Waals surface area (Å²) in [6, 6.07) is 0. The van der Waals surface area contributed by atoms with Crippen LogP contribution in [0.1, 0.15) is 6.42 Å². The minimum absolute atomic E-state index is 0.386. The predicted molar refractivity (Wildman–Crippen MR) is 67.7 cm³/mol. The first-order chi connectivity index (χ1) is 9.45. The molecule has 0 aliphatic carbocycles. The van der Waals surface area contributed by atoms with Crippen LogP contribution < -0.4 is 11.1 Å². The molecule has 0 aromatic heterocycles. The second-order valence-electron chi connectivity index (χ2n) is 4.63. The van der Waals surface area contributed by atoms with E-state index in [2.05, 4.69) is 15.4 Å². The topological polar surface area (TPSA) is 83.1 Å². The molecule has 1 rings (SSSR count). The summed E-state index contributed by atoms with van der Waals surface area (Å²) in [6.07, 6.45) is -3.78. The lowest BCUT2D eigenvalue weighted by Crippen LogP contribution is -2.43. The van der Waals surface area contributed by atoms with Crippen molar-refractivity contribution in [1.82, 2.24) is 10.2 Å². The molecule has 20 heavy (non-hydrogen) atoms. The Kier molecular flexibility index (Phi) is 7.03. The summed E-state index contributed by atoms with van der Waals surface area (Å²) < 4.78 is 43.1. The second-order valence-corrected chi connectivity index (χ2v) is 4.63. The number of oxime groups is 1. The first-order valence-electron chi connectivity index (χ1n) is 6.50. The zero-order chi connectivity index (χ0) is 15.0. The van der Waals surface area contributed by atoms with Crippen LogP contribution >= 0.6 is 0 Å². The quantitative estimate of drug-likeness (QED) is 0.206. The van der Waals surface area contributed by atoms with Crippen molar-refractivity contribution in [3.8, 4) is 0 Å². The summed E-state index contributed by atoms with van der Waals surface area (Å²) in [5.41, 5.74) is 5.05. The van der Waals surface area contributed by atoms with Crippen LogP contribution in [0, 0.1) is 5.92 Å². The smallest absolute Gasteiger partial charge is 0.400 e. The van der Waals surface area contributed by atoms with Crippen molar-refractivity contribution in [2.75, 3.05) is 45.9 Å². The van der Waals surface area contributed by atoms with Gasteiger partial charge >= 0.3 is 6.18 Å². The third-order valence-electron chi connectivity index (χ3n) is 3.15. The van der Waals surface area contributed by atoms with Gasteiger partial charge in [0.2, 0.25) is 0 Å². The molecule has 1 aliphatic rings. The molecular formula is C11H21F3N4O2. The van der Waals surface area contributed by atoms with E-state index in [0.29, 0.717) is 19.8 Å². The highest BCUT2D eigenvalue weighted by molar-refractivity contribution is 5.83. The van der Waals surface area contributed by atoms with Gasteiger partial charge in [-0.25, -0.2) is 0 Å². The van der Waals surface area contributed by atoms with Crippen LogP contribution in [0.5, 0.6) is 0 Å². The first kappa shape index (κ1) is 17.0.